The first kappa shape index (κ1) is 32.6. The van der Waals surface area contributed by atoms with E-state index < -0.39 is 20.0 Å². The first-order valence-electron chi connectivity index (χ1n) is 15.1. The average molecular weight is 624 g/mol. The molecule has 0 spiro atoms. The van der Waals surface area contributed by atoms with Gasteiger partial charge in [0.15, 0.2) is 6.20 Å². The van der Waals surface area contributed by atoms with Crippen molar-refractivity contribution in [2.45, 2.75) is 64.3 Å². The van der Waals surface area contributed by atoms with Gasteiger partial charge in [0.2, 0.25) is 25.6 Å². The van der Waals surface area contributed by atoms with E-state index in [9.17, 15) is 16.8 Å². The SMILES string of the molecule is CCN1C=CC(=C=CCc2cc[n+](CC)c3ccc(S(=O)(=O)N(CC)CC)cc23)c2cc(S(=O)(=O)N(CC)CC)ccc21. The van der Waals surface area contributed by atoms with Gasteiger partial charge in [-0.3, -0.25) is 0 Å². The summed E-state index contributed by atoms with van der Waals surface area (Å²) in [6.45, 7) is 14.6. The van der Waals surface area contributed by atoms with Crippen LogP contribution < -0.4 is 9.47 Å². The standard InChI is InChI=1S/C33H43N4O4S2/c1-7-34-22-20-26(30-24-28(16-18-32(30)34)42(38,39)36(9-3)10-4)14-13-15-27-21-23-35(8-2)33-19-17-29(25-31(27)33)43(40,41)37(11-5)12-6/h13,16-25H,7-12,14H2,1-6H3/q+1. The molecule has 2 heterocycles. The summed E-state index contributed by atoms with van der Waals surface area (Å²) in [6, 6.07) is 12.7. The van der Waals surface area contributed by atoms with Crippen molar-refractivity contribution < 1.29 is 21.4 Å². The fourth-order valence-corrected chi connectivity index (χ4v) is 8.53. The zero-order valence-corrected chi connectivity index (χ0v) is 27.7. The molecular weight excluding hydrogens is 581 g/mol. The molecule has 1 aliphatic rings. The molecule has 0 saturated carbocycles. The molecule has 0 unspecified atom stereocenters. The van der Waals surface area contributed by atoms with Crippen LogP contribution in [-0.2, 0) is 33.0 Å². The van der Waals surface area contributed by atoms with Crippen molar-refractivity contribution in [1.29, 1.82) is 0 Å². The maximum absolute atomic E-state index is 13.3. The van der Waals surface area contributed by atoms with Gasteiger partial charge in [0.25, 0.3) is 0 Å². The monoisotopic (exact) mass is 623 g/mol. The molecule has 230 valence electrons. The van der Waals surface area contributed by atoms with Crippen LogP contribution in [0.25, 0.3) is 16.5 Å². The first-order chi connectivity index (χ1) is 20.6. The summed E-state index contributed by atoms with van der Waals surface area (Å²) < 4.78 is 58.3. The van der Waals surface area contributed by atoms with E-state index in [2.05, 4.69) is 29.0 Å². The summed E-state index contributed by atoms with van der Waals surface area (Å²) in [4.78, 5) is 2.63. The second-order valence-electron chi connectivity index (χ2n) is 10.2. The minimum absolute atomic E-state index is 0.265. The summed E-state index contributed by atoms with van der Waals surface area (Å²) in [6.07, 6.45) is 8.43. The van der Waals surface area contributed by atoms with E-state index >= 15 is 0 Å². The van der Waals surface area contributed by atoms with Gasteiger partial charge >= 0.3 is 0 Å². The van der Waals surface area contributed by atoms with Crippen molar-refractivity contribution in [3.8, 4) is 0 Å². The van der Waals surface area contributed by atoms with Crippen LogP contribution in [0, 0.1) is 0 Å². The highest BCUT2D eigenvalue weighted by atomic mass is 32.2. The van der Waals surface area contributed by atoms with E-state index in [1.54, 1.807) is 24.3 Å². The number of aryl methyl sites for hydroxylation is 1. The Bertz CT molecular complexity index is 1800. The van der Waals surface area contributed by atoms with Gasteiger partial charge in [-0.05, 0) is 68.3 Å². The Balaban J connectivity index is 1.80. The van der Waals surface area contributed by atoms with Gasteiger partial charge in [0.1, 0.15) is 6.54 Å². The Morgan fingerprint density at radius 1 is 0.814 bits per heavy atom. The molecule has 0 bridgehead atoms. The molecule has 4 rings (SSSR count). The molecule has 1 aliphatic heterocycles. The topological polar surface area (TPSA) is 81.9 Å². The third-order valence-corrected chi connectivity index (χ3v) is 12.1. The van der Waals surface area contributed by atoms with Gasteiger partial charge in [-0.1, -0.05) is 27.7 Å². The van der Waals surface area contributed by atoms with E-state index in [0.29, 0.717) is 32.6 Å². The molecule has 0 N–H and O–H groups in total. The summed E-state index contributed by atoms with van der Waals surface area (Å²) in [5.41, 5.74) is 7.90. The molecule has 2 aromatic carbocycles. The number of nitrogens with zero attached hydrogens (tertiary/aromatic N) is 4. The highest BCUT2D eigenvalue weighted by Gasteiger charge is 2.26. The lowest BCUT2D eigenvalue weighted by molar-refractivity contribution is -0.667. The molecule has 3 aromatic rings. The number of allylic oxidation sites excluding steroid dienone is 2. The summed E-state index contributed by atoms with van der Waals surface area (Å²) in [5.74, 6) is 0. The molecule has 10 heteroatoms. The molecule has 43 heavy (non-hydrogen) atoms. The normalized spacial score (nSPS) is 13.6. The van der Waals surface area contributed by atoms with Gasteiger partial charge in [-0.15, -0.1) is 5.73 Å². The van der Waals surface area contributed by atoms with Crippen LogP contribution >= 0.6 is 0 Å². The van der Waals surface area contributed by atoms with Crippen LogP contribution in [0.4, 0.5) is 5.69 Å². The number of rotatable bonds is 12. The minimum atomic E-state index is -3.62. The molecule has 0 amide bonds. The van der Waals surface area contributed by atoms with Crippen LogP contribution in [0.1, 0.15) is 52.7 Å². The Kier molecular flexibility index (Phi) is 10.3. The first-order valence-corrected chi connectivity index (χ1v) is 17.9. The number of fused-ring (bicyclic) bond motifs is 2. The van der Waals surface area contributed by atoms with Crippen LogP contribution in [0.2, 0.25) is 0 Å². The van der Waals surface area contributed by atoms with Crippen molar-refractivity contribution in [3.63, 3.8) is 0 Å². The van der Waals surface area contributed by atoms with Crippen LogP contribution in [0.5, 0.6) is 0 Å². The highest BCUT2D eigenvalue weighted by molar-refractivity contribution is 7.89. The van der Waals surface area contributed by atoms with Crippen molar-refractivity contribution in [3.05, 3.63) is 83.9 Å². The number of benzene rings is 2. The number of pyridine rings is 1. The second-order valence-corrected chi connectivity index (χ2v) is 14.1. The Hall–Kier alpha value is -3.27. The van der Waals surface area contributed by atoms with Gasteiger partial charge < -0.3 is 4.90 Å². The lowest BCUT2D eigenvalue weighted by Crippen LogP contribution is -2.33. The second kappa shape index (κ2) is 13.6. The van der Waals surface area contributed by atoms with Crippen LogP contribution in [0.15, 0.2) is 82.5 Å². The number of anilines is 1. The van der Waals surface area contributed by atoms with Crippen molar-refractivity contribution in [2.24, 2.45) is 0 Å². The highest BCUT2D eigenvalue weighted by Crippen LogP contribution is 2.35. The molecular formula is C33H43N4O4S2+. The molecule has 1 aromatic heterocycles. The minimum Gasteiger partial charge on any atom is -0.348 e. The van der Waals surface area contributed by atoms with Crippen molar-refractivity contribution in [2.75, 3.05) is 37.6 Å². The lowest BCUT2D eigenvalue weighted by Gasteiger charge is -2.27. The van der Waals surface area contributed by atoms with E-state index in [-0.39, 0.29) is 9.79 Å². The number of sulfonamides is 2. The van der Waals surface area contributed by atoms with E-state index in [4.69, 9.17) is 0 Å². The largest absolute Gasteiger partial charge is 0.348 e. The molecule has 0 fully saturated rings. The molecule has 8 nitrogen and oxygen atoms in total. The maximum Gasteiger partial charge on any atom is 0.243 e. The molecule has 0 aliphatic carbocycles. The van der Waals surface area contributed by atoms with E-state index in [1.807, 2.05) is 70.4 Å². The summed E-state index contributed by atoms with van der Waals surface area (Å²) in [5, 5.41) is 0.880. The van der Waals surface area contributed by atoms with Gasteiger partial charge in [0, 0.05) is 67.9 Å². The summed E-state index contributed by atoms with van der Waals surface area (Å²) >= 11 is 0. The quantitative estimate of drug-likeness (QED) is 0.201. The van der Waals surface area contributed by atoms with Gasteiger partial charge in [-0.2, -0.15) is 13.2 Å². The van der Waals surface area contributed by atoms with Crippen molar-refractivity contribution >= 4 is 42.2 Å². The molecule has 0 saturated heterocycles. The smallest absolute Gasteiger partial charge is 0.243 e. The van der Waals surface area contributed by atoms with Gasteiger partial charge in [-0.25, -0.2) is 16.8 Å². The fourth-order valence-electron chi connectivity index (χ4n) is 5.56. The Labute approximate surface area is 257 Å². The fraction of sp³-hybridized carbons (Fsp3) is 0.394. The van der Waals surface area contributed by atoms with Crippen molar-refractivity contribution in [1.82, 2.24) is 8.61 Å². The zero-order valence-electron chi connectivity index (χ0n) is 26.0. The number of aromatic nitrogens is 1. The third kappa shape index (κ3) is 6.35. The van der Waals surface area contributed by atoms with Crippen LogP contribution in [0.3, 0.4) is 0 Å². The van der Waals surface area contributed by atoms with Crippen LogP contribution in [-0.4, -0.2) is 58.2 Å². The van der Waals surface area contributed by atoms with E-state index in [0.717, 1.165) is 46.4 Å². The molecule has 0 atom stereocenters. The maximum atomic E-state index is 13.3. The summed E-state index contributed by atoms with van der Waals surface area (Å²) in [7, 11) is -7.23. The van der Waals surface area contributed by atoms with E-state index in [1.165, 1.54) is 8.61 Å². The number of hydrogen-bond acceptors (Lipinski definition) is 5. The predicted octanol–water partition coefficient (Wildman–Crippen LogP) is 5.34. The lowest BCUT2D eigenvalue weighted by atomic mass is 10.00. The third-order valence-electron chi connectivity index (χ3n) is 8.02. The average Bonchev–Trinajstić information content (AvgIpc) is 3.01. The zero-order chi connectivity index (χ0) is 31.4. The number of hydrogen-bond donors (Lipinski definition) is 0. The molecule has 0 radical (unpaired) electrons. The van der Waals surface area contributed by atoms with Gasteiger partial charge in [0.05, 0.1) is 15.2 Å². The predicted molar refractivity (Wildman–Crippen MR) is 174 cm³/mol. The Morgan fingerprint density at radius 2 is 1.42 bits per heavy atom. The Morgan fingerprint density at radius 3 is 2.00 bits per heavy atom.